The van der Waals surface area contributed by atoms with Gasteiger partial charge in [-0.25, -0.2) is 0 Å². The van der Waals surface area contributed by atoms with Crippen LogP contribution in [0, 0.1) is 5.92 Å². The summed E-state index contributed by atoms with van der Waals surface area (Å²) in [6.07, 6.45) is 4.96. The predicted octanol–water partition coefficient (Wildman–Crippen LogP) is 2.36. The molecule has 1 saturated heterocycles. The summed E-state index contributed by atoms with van der Waals surface area (Å²) in [7, 11) is 0. The first-order valence-corrected chi connectivity index (χ1v) is 8.50. The second kappa shape index (κ2) is 7.59. The van der Waals surface area contributed by atoms with Crippen LogP contribution < -0.4 is 10.2 Å². The molecule has 2 aliphatic rings. The zero-order valence-electron chi connectivity index (χ0n) is 13.4. The first kappa shape index (κ1) is 16.0. The molecule has 1 aliphatic carbocycles. The fourth-order valence-corrected chi connectivity index (χ4v) is 2.73. The lowest BCUT2D eigenvalue weighted by Crippen LogP contribution is -2.26. The molecule has 2 fully saturated rings. The van der Waals surface area contributed by atoms with Gasteiger partial charge in [-0.2, -0.15) is 0 Å². The Morgan fingerprint density at radius 2 is 2.04 bits per heavy atom. The summed E-state index contributed by atoms with van der Waals surface area (Å²) in [5.41, 5.74) is 1.50. The number of amides is 2. The molecule has 3 rings (SSSR count). The minimum absolute atomic E-state index is 0.0773. The number of carbonyl (C=O) groups excluding carboxylic acids is 2. The fourth-order valence-electron chi connectivity index (χ4n) is 2.73. The van der Waals surface area contributed by atoms with Crippen molar-refractivity contribution in [2.24, 2.45) is 5.92 Å². The smallest absolute Gasteiger partial charge is 0.251 e. The molecule has 5 nitrogen and oxygen atoms in total. The summed E-state index contributed by atoms with van der Waals surface area (Å²) < 4.78 is 5.54. The van der Waals surface area contributed by atoms with Gasteiger partial charge in [0.1, 0.15) is 0 Å². The zero-order valence-corrected chi connectivity index (χ0v) is 13.4. The Labute approximate surface area is 137 Å². The van der Waals surface area contributed by atoms with Crippen molar-refractivity contribution < 1.29 is 14.3 Å². The third-order valence-electron chi connectivity index (χ3n) is 4.32. The van der Waals surface area contributed by atoms with Gasteiger partial charge in [-0.15, -0.1) is 0 Å². The van der Waals surface area contributed by atoms with Crippen LogP contribution in [-0.4, -0.2) is 38.1 Å². The molecule has 1 aromatic rings. The van der Waals surface area contributed by atoms with Crippen molar-refractivity contribution >= 4 is 17.5 Å². The van der Waals surface area contributed by atoms with Crippen LogP contribution in [0.4, 0.5) is 5.69 Å². The van der Waals surface area contributed by atoms with E-state index < -0.39 is 0 Å². The van der Waals surface area contributed by atoms with E-state index in [4.69, 9.17) is 4.74 Å². The fraction of sp³-hybridized carbons (Fsp3) is 0.556. The van der Waals surface area contributed by atoms with Crippen molar-refractivity contribution in [2.45, 2.75) is 32.1 Å². The molecule has 1 N–H and O–H groups in total. The maximum Gasteiger partial charge on any atom is 0.251 e. The highest BCUT2D eigenvalue weighted by Crippen LogP contribution is 2.28. The van der Waals surface area contributed by atoms with Crippen LogP contribution in [0.1, 0.15) is 42.5 Å². The Balaban J connectivity index is 1.39. The van der Waals surface area contributed by atoms with Gasteiger partial charge in [0.2, 0.25) is 5.91 Å². The lowest BCUT2D eigenvalue weighted by Gasteiger charge is -2.15. The number of ether oxygens (including phenoxy) is 1. The minimum Gasteiger partial charge on any atom is -0.381 e. The molecule has 0 radical (unpaired) electrons. The maximum absolute atomic E-state index is 12.1. The van der Waals surface area contributed by atoms with Gasteiger partial charge in [0.05, 0.1) is 0 Å². The lowest BCUT2D eigenvalue weighted by molar-refractivity contribution is -0.117. The number of hydrogen-bond acceptors (Lipinski definition) is 3. The predicted molar refractivity (Wildman–Crippen MR) is 88.5 cm³/mol. The SMILES string of the molecule is O=C(NCCCOCC1CC1)c1ccc(N2CCCC2=O)cc1. The summed E-state index contributed by atoms with van der Waals surface area (Å²) in [5, 5.41) is 2.90. The summed E-state index contributed by atoms with van der Waals surface area (Å²) in [6, 6.07) is 7.24. The molecule has 1 aromatic carbocycles. The van der Waals surface area contributed by atoms with Crippen LogP contribution in [0.5, 0.6) is 0 Å². The summed E-state index contributed by atoms with van der Waals surface area (Å²) in [4.78, 5) is 25.5. The second-order valence-electron chi connectivity index (χ2n) is 6.32. The van der Waals surface area contributed by atoms with E-state index >= 15 is 0 Å². The highest BCUT2D eigenvalue weighted by molar-refractivity contribution is 5.97. The highest BCUT2D eigenvalue weighted by Gasteiger charge is 2.22. The highest BCUT2D eigenvalue weighted by atomic mass is 16.5. The number of benzene rings is 1. The van der Waals surface area contributed by atoms with Gasteiger partial charge in [-0.05, 0) is 55.9 Å². The second-order valence-corrected chi connectivity index (χ2v) is 6.32. The van der Waals surface area contributed by atoms with Crippen LogP contribution >= 0.6 is 0 Å². The van der Waals surface area contributed by atoms with E-state index in [1.807, 2.05) is 12.1 Å². The van der Waals surface area contributed by atoms with E-state index in [-0.39, 0.29) is 11.8 Å². The Morgan fingerprint density at radius 3 is 2.70 bits per heavy atom. The maximum atomic E-state index is 12.1. The molecule has 5 heteroatoms. The Morgan fingerprint density at radius 1 is 1.26 bits per heavy atom. The molecule has 0 unspecified atom stereocenters. The molecule has 124 valence electrons. The van der Waals surface area contributed by atoms with Gasteiger partial charge >= 0.3 is 0 Å². The zero-order chi connectivity index (χ0) is 16.1. The standard InChI is InChI=1S/C18H24N2O3/c21-17-3-1-11-20(17)16-8-6-15(7-9-16)18(22)19-10-2-12-23-13-14-4-5-14/h6-9,14H,1-5,10-13H2,(H,19,22). The van der Waals surface area contributed by atoms with E-state index in [1.54, 1.807) is 17.0 Å². The average Bonchev–Trinajstić information content (AvgIpc) is 3.30. The van der Waals surface area contributed by atoms with Crippen molar-refractivity contribution in [3.63, 3.8) is 0 Å². The summed E-state index contributed by atoms with van der Waals surface area (Å²) in [5.74, 6) is 0.866. The van der Waals surface area contributed by atoms with Crippen molar-refractivity contribution in [1.82, 2.24) is 5.32 Å². The van der Waals surface area contributed by atoms with Crippen molar-refractivity contribution in [3.05, 3.63) is 29.8 Å². The monoisotopic (exact) mass is 316 g/mol. The molecule has 0 aromatic heterocycles. The van der Waals surface area contributed by atoms with Gasteiger partial charge in [-0.3, -0.25) is 9.59 Å². The number of anilines is 1. The van der Waals surface area contributed by atoms with Crippen molar-refractivity contribution in [2.75, 3.05) is 31.2 Å². The van der Waals surface area contributed by atoms with E-state index in [0.29, 0.717) is 25.1 Å². The average molecular weight is 316 g/mol. The summed E-state index contributed by atoms with van der Waals surface area (Å²) in [6.45, 7) is 2.96. The molecule has 0 atom stereocenters. The number of rotatable bonds is 8. The Kier molecular flexibility index (Phi) is 5.28. The number of carbonyl (C=O) groups is 2. The summed E-state index contributed by atoms with van der Waals surface area (Å²) >= 11 is 0. The third kappa shape index (κ3) is 4.55. The van der Waals surface area contributed by atoms with Gasteiger partial charge in [0.25, 0.3) is 5.91 Å². The molecule has 0 spiro atoms. The first-order valence-electron chi connectivity index (χ1n) is 8.50. The largest absolute Gasteiger partial charge is 0.381 e. The lowest BCUT2D eigenvalue weighted by atomic mass is 10.2. The van der Waals surface area contributed by atoms with Gasteiger partial charge in [0, 0.05) is 44.0 Å². The Bertz CT molecular complexity index is 552. The molecule has 1 heterocycles. The van der Waals surface area contributed by atoms with E-state index in [2.05, 4.69) is 5.32 Å². The first-order chi connectivity index (χ1) is 11.2. The van der Waals surface area contributed by atoms with Crippen LogP contribution in [0.3, 0.4) is 0 Å². The van der Waals surface area contributed by atoms with Crippen LogP contribution in [-0.2, 0) is 9.53 Å². The molecule has 1 saturated carbocycles. The van der Waals surface area contributed by atoms with Crippen LogP contribution in [0.25, 0.3) is 0 Å². The normalized spacial score (nSPS) is 17.6. The third-order valence-corrected chi connectivity index (χ3v) is 4.32. The van der Waals surface area contributed by atoms with Crippen LogP contribution in [0.2, 0.25) is 0 Å². The van der Waals surface area contributed by atoms with Crippen LogP contribution in [0.15, 0.2) is 24.3 Å². The van der Waals surface area contributed by atoms with Gasteiger partial charge in [-0.1, -0.05) is 0 Å². The molecule has 2 amide bonds. The number of nitrogens with zero attached hydrogens (tertiary/aromatic N) is 1. The quantitative estimate of drug-likeness (QED) is 0.749. The molecule has 1 aliphatic heterocycles. The topological polar surface area (TPSA) is 58.6 Å². The van der Waals surface area contributed by atoms with E-state index in [0.717, 1.165) is 37.6 Å². The van der Waals surface area contributed by atoms with E-state index in [9.17, 15) is 9.59 Å². The molecular weight excluding hydrogens is 292 g/mol. The molecular formula is C18H24N2O3. The van der Waals surface area contributed by atoms with Gasteiger partial charge in [0.15, 0.2) is 0 Å². The number of hydrogen-bond donors (Lipinski definition) is 1. The van der Waals surface area contributed by atoms with Gasteiger partial charge < -0.3 is 15.0 Å². The van der Waals surface area contributed by atoms with Crippen molar-refractivity contribution in [3.8, 4) is 0 Å². The minimum atomic E-state index is -0.0773. The van der Waals surface area contributed by atoms with Crippen molar-refractivity contribution in [1.29, 1.82) is 0 Å². The Hall–Kier alpha value is -1.88. The van der Waals surface area contributed by atoms with E-state index in [1.165, 1.54) is 12.8 Å². The number of nitrogens with one attached hydrogen (secondary N) is 1. The molecule has 0 bridgehead atoms. The molecule has 23 heavy (non-hydrogen) atoms.